The summed E-state index contributed by atoms with van der Waals surface area (Å²) in [5.41, 5.74) is 11.1. The number of rotatable bonds is 9. The van der Waals surface area contributed by atoms with Gasteiger partial charge in [0.25, 0.3) is 0 Å². The Morgan fingerprint density at radius 3 is 2.53 bits per heavy atom. The lowest BCUT2D eigenvalue weighted by atomic mass is 9.86. The number of nitrogens with two attached hydrogens (primary N) is 1. The van der Waals surface area contributed by atoms with Gasteiger partial charge >= 0.3 is 0 Å². The second-order valence-electron chi connectivity index (χ2n) is 10.1. The van der Waals surface area contributed by atoms with Crippen LogP contribution in [-0.2, 0) is 22.6 Å². The van der Waals surface area contributed by atoms with Crippen molar-refractivity contribution < 1.29 is 14.3 Å². The Labute approximate surface area is 223 Å². The number of hydrogen-bond donors (Lipinski definition) is 2. The number of nitrogens with zero attached hydrogens (tertiary/aromatic N) is 1. The highest BCUT2D eigenvalue weighted by Gasteiger charge is 2.29. The topological polar surface area (TPSA) is 88.4 Å². The van der Waals surface area contributed by atoms with Gasteiger partial charge in [-0.2, -0.15) is 0 Å². The van der Waals surface area contributed by atoms with Crippen LogP contribution < -0.4 is 10.5 Å². The van der Waals surface area contributed by atoms with E-state index >= 15 is 0 Å². The maximum absolute atomic E-state index is 13.6. The molecule has 1 saturated heterocycles. The summed E-state index contributed by atoms with van der Waals surface area (Å²) in [5.74, 6) is 0.314. The third-order valence-electron chi connectivity index (χ3n) is 7.73. The van der Waals surface area contributed by atoms with E-state index < -0.39 is 0 Å². The van der Waals surface area contributed by atoms with E-state index in [9.17, 15) is 9.59 Å². The number of piperidine rings is 1. The number of carbonyl (C=O) groups excluding carboxylic acids is 2. The summed E-state index contributed by atoms with van der Waals surface area (Å²) >= 11 is 0. The smallest absolute Gasteiger partial charge is 0.223 e. The van der Waals surface area contributed by atoms with Crippen LogP contribution in [0.15, 0.2) is 79.0 Å². The zero-order valence-corrected chi connectivity index (χ0v) is 21.9. The highest BCUT2D eigenvalue weighted by atomic mass is 16.5. The number of aryl methyl sites for hydroxylation is 1. The Balaban J connectivity index is 1.44. The summed E-state index contributed by atoms with van der Waals surface area (Å²) in [5, 5.41) is 1.14. The first-order valence-corrected chi connectivity index (χ1v) is 13.5. The van der Waals surface area contributed by atoms with Crippen LogP contribution >= 0.6 is 0 Å². The van der Waals surface area contributed by atoms with Gasteiger partial charge in [0.15, 0.2) is 0 Å². The monoisotopic (exact) mass is 509 g/mol. The number of para-hydroxylation sites is 1. The maximum Gasteiger partial charge on any atom is 0.223 e. The minimum absolute atomic E-state index is 0.0922. The van der Waals surface area contributed by atoms with Crippen molar-refractivity contribution >= 4 is 22.7 Å². The number of carbonyl (C=O) groups is 2. The Morgan fingerprint density at radius 2 is 1.79 bits per heavy atom. The number of H-pyrrole nitrogens is 1. The van der Waals surface area contributed by atoms with Gasteiger partial charge in [0.1, 0.15) is 12.4 Å². The minimum atomic E-state index is -0.271. The number of aromatic amines is 1. The lowest BCUT2D eigenvalue weighted by Crippen LogP contribution is -2.42. The van der Waals surface area contributed by atoms with Gasteiger partial charge in [-0.25, -0.2) is 0 Å². The molecule has 6 heteroatoms. The number of primary amides is 1. The van der Waals surface area contributed by atoms with Crippen molar-refractivity contribution in [1.29, 1.82) is 0 Å². The second-order valence-corrected chi connectivity index (χ2v) is 10.1. The maximum atomic E-state index is 13.6. The van der Waals surface area contributed by atoms with Crippen molar-refractivity contribution in [3.8, 4) is 5.75 Å². The van der Waals surface area contributed by atoms with E-state index in [-0.39, 0.29) is 23.7 Å². The predicted octanol–water partition coefficient (Wildman–Crippen LogP) is 5.56. The molecule has 0 radical (unpaired) electrons. The summed E-state index contributed by atoms with van der Waals surface area (Å²) in [6.45, 7) is 3.76. The zero-order valence-electron chi connectivity index (χ0n) is 21.9. The summed E-state index contributed by atoms with van der Waals surface area (Å²) in [6.07, 6.45) is 4.58. The quantitative estimate of drug-likeness (QED) is 0.310. The van der Waals surface area contributed by atoms with Crippen LogP contribution in [0.3, 0.4) is 0 Å². The largest absolute Gasteiger partial charge is 0.489 e. The molecule has 2 amide bonds. The number of fused-ring (bicyclic) bond motifs is 1. The highest BCUT2D eigenvalue weighted by molar-refractivity contribution is 5.88. The average molecular weight is 510 g/mol. The van der Waals surface area contributed by atoms with E-state index in [0.717, 1.165) is 39.8 Å². The molecule has 5 rings (SSSR count). The van der Waals surface area contributed by atoms with Crippen LogP contribution in [0.5, 0.6) is 5.75 Å². The number of likely N-dealkylation sites (tertiary alicyclic amines) is 1. The van der Waals surface area contributed by atoms with Crippen LogP contribution in [0.2, 0.25) is 0 Å². The summed E-state index contributed by atoms with van der Waals surface area (Å²) in [6, 6.07) is 24.6. The van der Waals surface area contributed by atoms with Gasteiger partial charge in [-0.05, 0) is 53.6 Å². The van der Waals surface area contributed by atoms with Crippen molar-refractivity contribution in [2.45, 2.75) is 45.1 Å². The molecule has 0 saturated carbocycles. The molecule has 38 heavy (non-hydrogen) atoms. The Morgan fingerprint density at radius 1 is 1.03 bits per heavy atom. The van der Waals surface area contributed by atoms with Crippen LogP contribution in [0, 0.1) is 5.92 Å². The molecule has 0 aliphatic carbocycles. The third kappa shape index (κ3) is 5.59. The molecule has 3 N–H and O–H groups in total. The Bertz CT molecular complexity index is 1400. The van der Waals surface area contributed by atoms with Crippen LogP contribution in [-0.4, -0.2) is 34.8 Å². The van der Waals surface area contributed by atoms with E-state index in [0.29, 0.717) is 39.0 Å². The number of hydrogen-bond acceptors (Lipinski definition) is 3. The van der Waals surface area contributed by atoms with Crippen molar-refractivity contribution in [3.05, 3.63) is 101 Å². The van der Waals surface area contributed by atoms with Crippen molar-refractivity contribution in [2.75, 3.05) is 13.1 Å². The fourth-order valence-electron chi connectivity index (χ4n) is 5.51. The van der Waals surface area contributed by atoms with E-state index in [4.69, 9.17) is 10.5 Å². The lowest BCUT2D eigenvalue weighted by molar-refractivity contribution is -0.135. The SMILES string of the molecule is CCc1cccc2c(C(CC(=O)N3CCC(C(N)=O)CC3)c3cccc(OCc4ccccc4)c3)c[nH]c12. The lowest BCUT2D eigenvalue weighted by Gasteiger charge is -2.32. The van der Waals surface area contributed by atoms with Crippen molar-refractivity contribution in [3.63, 3.8) is 0 Å². The molecule has 1 aromatic heterocycles. The minimum Gasteiger partial charge on any atom is -0.489 e. The van der Waals surface area contributed by atoms with Crippen LogP contribution in [0.4, 0.5) is 0 Å². The number of amides is 2. The van der Waals surface area contributed by atoms with E-state index in [1.54, 1.807) is 0 Å². The normalized spacial score (nSPS) is 14.9. The van der Waals surface area contributed by atoms with Gasteiger partial charge in [0, 0.05) is 48.4 Å². The second kappa shape index (κ2) is 11.5. The van der Waals surface area contributed by atoms with Crippen molar-refractivity contribution in [1.82, 2.24) is 9.88 Å². The number of aromatic nitrogens is 1. The number of benzene rings is 3. The fourth-order valence-corrected chi connectivity index (χ4v) is 5.51. The molecule has 0 spiro atoms. The standard InChI is InChI=1S/C32H35N3O3/c1-2-23-10-7-13-27-29(20-34-31(23)27)28(19-30(36)35-16-14-24(15-17-35)32(33)37)25-11-6-12-26(18-25)38-21-22-8-4-3-5-9-22/h3-13,18,20,24,28,34H,2,14-17,19,21H2,1H3,(H2,33,37). The molecule has 3 aromatic carbocycles. The molecule has 0 bridgehead atoms. The van der Waals surface area contributed by atoms with E-state index in [2.05, 4.69) is 48.4 Å². The molecule has 1 aliphatic heterocycles. The summed E-state index contributed by atoms with van der Waals surface area (Å²) < 4.78 is 6.13. The highest BCUT2D eigenvalue weighted by Crippen LogP contribution is 2.36. The van der Waals surface area contributed by atoms with E-state index in [1.807, 2.05) is 47.4 Å². The van der Waals surface area contributed by atoms with Gasteiger partial charge in [0.05, 0.1) is 0 Å². The molecule has 1 atom stereocenters. The molecule has 2 heterocycles. The third-order valence-corrected chi connectivity index (χ3v) is 7.73. The van der Waals surface area contributed by atoms with Gasteiger partial charge in [-0.3, -0.25) is 9.59 Å². The predicted molar refractivity (Wildman–Crippen MR) is 150 cm³/mol. The molecule has 4 aromatic rings. The summed E-state index contributed by atoms with van der Waals surface area (Å²) in [4.78, 5) is 30.5. The Kier molecular flexibility index (Phi) is 7.78. The zero-order chi connectivity index (χ0) is 26.5. The molecule has 196 valence electrons. The molecule has 1 unspecified atom stereocenters. The van der Waals surface area contributed by atoms with Gasteiger partial charge in [0.2, 0.25) is 11.8 Å². The van der Waals surface area contributed by atoms with Crippen LogP contribution in [0.1, 0.15) is 54.4 Å². The van der Waals surface area contributed by atoms with Gasteiger partial charge in [-0.15, -0.1) is 0 Å². The first kappa shape index (κ1) is 25.6. The molecular weight excluding hydrogens is 474 g/mol. The Hall–Kier alpha value is -4.06. The number of ether oxygens (including phenoxy) is 1. The molecular formula is C32H35N3O3. The first-order valence-electron chi connectivity index (χ1n) is 13.5. The number of nitrogens with one attached hydrogen (secondary N) is 1. The molecule has 1 aliphatic rings. The molecule has 6 nitrogen and oxygen atoms in total. The van der Waals surface area contributed by atoms with E-state index in [1.165, 1.54) is 5.56 Å². The van der Waals surface area contributed by atoms with Gasteiger partial charge in [-0.1, -0.05) is 67.6 Å². The fraction of sp³-hybridized carbons (Fsp3) is 0.312. The average Bonchev–Trinajstić information content (AvgIpc) is 3.39. The first-order chi connectivity index (χ1) is 18.5. The van der Waals surface area contributed by atoms with Gasteiger partial charge < -0.3 is 20.4 Å². The summed E-state index contributed by atoms with van der Waals surface area (Å²) in [7, 11) is 0. The molecule has 1 fully saturated rings. The van der Waals surface area contributed by atoms with Crippen LogP contribution in [0.25, 0.3) is 10.9 Å². The van der Waals surface area contributed by atoms with Crippen molar-refractivity contribution in [2.24, 2.45) is 11.7 Å².